The minimum absolute atomic E-state index is 0.199. The van der Waals surface area contributed by atoms with E-state index in [2.05, 4.69) is 5.16 Å². The molecule has 1 aromatic carbocycles. The van der Waals surface area contributed by atoms with Crippen LogP contribution in [0.25, 0.3) is 0 Å². The van der Waals surface area contributed by atoms with Crippen LogP contribution in [0.4, 0.5) is 0 Å². The van der Waals surface area contributed by atoms with Gasteiger partial charge in [-0.25, -0.2) is 0 Å². The lowest BCUT2D eigenvalue weighted by Gasteiger charge is -2.38. The molecule has 0 atom stereocenters. The fourth-order valence-corrected chi connectivity index (χ4v) is 3.09. The van der Waals surface area contributed by atoms with Gasteiger partial charge in [-0.1, -0.05) is 35.5 Å². The van der Waals surface area contributed by atoms with E-state index in [0.717, 1.165) is 5.56 Å². The topological polar surface area (TPSA) is 83.6 Å². The number of hydrogen-bond acceptors (Lipinski definition) is 4. The third-order valence-electron chi connectivity index (χ3n) is 4.48. The molecule has 23 heavy (non-hydrogen) atoms. The molecule has 120 valence electrons. The lowest BCUT2D eigenvalue weighted by Crippen LogP contribution is -2.49. The predicted molar refractivity (Wildman–Crippen MR) is 82.1 cm³/mol. The summed E-state index contributed by atoms with van der Waals surface area (Å²) in [6, 6.07) is 10.8. The maximum atomic E-state index is 12.4. The Labute approximate surface area is 133 Å². The minimum atomic E-state index is -0.935. The van der Waals surface area contributed by atoms with Gasteiger partial charge in [0, 0.05) is 19.2 Å². The van der Waals surface area contributed by atoms with Crippen LogP contribution >= 0.6 is 0 Å². The predicted octanol–water partition coefficient (Wildman–Crippen LogP) is 2.24. The molecule has 2 heterocycles. The summed E-state index contributed by atoms with van der Waals surface area (Å²) in [5.41, 5.74) is 0.500. The number of rotatable bonds is 3. The Morgan fingerprint density at radius 1 is 1.22 bits per heavy atom. The number of carboxylic acid groups (broad SMARTS) is 1. The van der Waals surface area contributed by atoms with Crippen LogP contribution in [0.15, 0.2) is 40.9 Å². The first-order valence-electron chi connectivity index (χ1n) is 7.54. The first-order valence-corrected chi connectivity index (χ1v) is 7.54. The molecule has 1 aliphatic heterocycles. The van der Waals surface area contributed by atoms with E-state index >= 15 is 0 Å². The van der Waals surface area contributed by atoms with Crippen LogP contribution < -0.4 is 0 Å². The molecule has 6 heteroatoms. The molecule has 1 aliphatic rings. The number of aliphatic carboxylic acids is 1. The van der Waals surface area contributed by atoms with Crippen LogP contribution in [-0.2, 0) is 10.2 Å². The van der Waals surface area contributed by atoms with E-state index in [-0.39, 0.29) is 11.7 Å². The SMILES string of the molecule is Cc1cc(C(=O)N2CCC(C(=O)O)(c3ccccc3)CC2)on1. The Hall–Kier alpha value is -2.63. The van der Waals surface area contributed by atoms with Crippen LogP contribution in [0.3, 0.4) is 0 Å². The number of aryl methyl sites for hydroxylation is 1. The number of carbonyl (C=O) groups is 2. The summed E-state index contributed by atoms with van der Waals surface area (Å²) in [5.74, 6) is -0.881. The highest BCUT2D eigenvalue weighted by atomic mass is 16.5. The smallest absolute Gasteiger partial charge is 0.314 e. The highest BCUT2D eigenvalue weighted by molar-refractivity contribution is 5.92. The maximum absolute atomic E-state index is 12.4. The van der Waals surface area contributed by atoms with Crippen LogP contribution in [0.5, 0.6) is 0 Å². The van der Waals surface area contributed by atoms with Gasteiger partial charge in [-0.2, -0.15) is 0 Å². The summed E-state index contributed by atoms with van der Waals surface area (Å²) < 4.78 is 5.01. The van der Waals surface area contributed by atoms with Crippen molar-refractivity contribution in [2.24, 2.45) is 0 Å². The molecule has 1 N–H and O–H groups in total. The molecule has 0 bridgehead atoms. The summed E-state index contributed by atoms with van der Waals surface area (Å²) in [7, 11) is 0. The van der Waals surface area contributed by atoms with Gasteiger partial charge in [-0.05, 0) is 25.3 Å². The van der Waals surface area contributed by atoms with Gasteiger partial charge in [0.15, 0.2) is 0 Å². The van der Waals surface area contributed by atoms with E-state index < -0.39 is 11.4 Å². The number of hydrogen-bond donors (Lipinski definition) is 1. The van der Waals surface area contributed by atoms with Crippen LogP contribution in [0.1, 0.15) is 34.7 Å². The summed E-state index contributed by atoms with van der Waals surface area (Å²) in [6.07, 6.45) is 0.760. The van der Waals surface area contributed by atoms with Gasteiger partial charge in [-0.3, -0.25) is 9.59 Å². The standard InChI is InChI=1S/C17H18N2O4/c1-12-11-14(23-18-12)15(20)19-9-7-17(8-10-19,16(21)22)13-5-3-2-4-6-13/h2-6,11H,7-10H2,1H3,(H,21,22). The Morgan fingerprint density at radius 3 is 2.39 bits per heavy atom. The number of carbonyl (C=O) groups excluding carboxylic acids is 1. The zero-order valence-electron chi connectivity index (χ0n) is 12.9. The van der Waals surface area contributed by atoms with Gasteiger partial charge < -0.3 is 14.5 Å². The molecule has 2 aromatic rings. The maximum Gasteiger partial charge on any atom is 0.314 e. The average molecular weight is 314 g/mol. The summed E-state index contributed by atoms with van der Waals surface area (Å²) in [5, 5.41) is 13.5. The van der Waals surface area contributed by atoms with Crippen molar-refractivity contribution in [3.05, 3.63) is 53.4 Å². The highest BCUT2D eigenvalue weighted by Crippen LogP contribution is 2.36. The molecule has 0 saturated carbocycles. The second-order valence-electron chi connectivity index (χ2n) is 5.88. The number of piperidine rings is 1. The van der Waals surface area contributed by atoms with Gasteiger partial charge in [0.1, 0.15) is 0 Å². The first kappa shape index (κ1) is 15.3. The van der Waals surface area contributed by atoms with E-state index in [1.165, 1.54) is 0 Å². The van der Waals surface area contributed by atoms with Gasteiger partial charge in [0.2, 0.25) is 5.76 Å². The van der Waals surface area contributed by atoms with Gasteiger partial charge in [0.05, 0.1) is 11.1 Å². The van der Waals surface area contributed by atoms with Crippen LogP contribution in [0.2, 0.25) is 0 Å². The summed E-state index contributed by atoms with van der Waals surface area (Å²) in [4.78, 5) is 25.9. The Morgan fingerprint density at radius 2 is 1.87 bits per heavy atom. The lowest BCUT2D eigenvalue weighted by molar-refractivity contribution is -0.145. The van der Waals surface area contributed by atoms with Crippen LogP contribution in [-0.4, -0.2) is 40.1 Å². The van der Waals surface area contributed by atoms with E-state index in [1.54, 1.807) is 17.9 Å². The van der Waals surface area contributed by atoms with Gasteiger partial charge in [0.25, 0.3) is 5.91 Å². The normalized spacial score (nSPS) is 17.0. The van der Waals surface area contributed by atoms with Crippen molar-refractivity contribution in [2.45, 2.75) is 25.2 Å². The van der Waals surface area contributed by atoms with E-state index in [9.17, 15) is 14.7 Å². The quantitative estimate of drug-likeness (QED) is 0.939. The second-order valence-corrected chi connectivity index (χ2v) is 5.88. The first-order chi connectivity index (χ1) is 11.0. The molecule has 1 amide bonds. The van der Waals surface area contributed by atoms with E-state index in [0.29, 0.717) is 31.6 Å². The van der Waals surface area contributed by atoms with Crippen molar-refractivity contribution in [3.8, 4) is 0 Å². The van der Waals surface area contributed by atoms with Crippen molar-refractivity contribution in [1.29, 1.82) is 0 Å². The number of aromatic nitrogens is 1. The van der Waals surface area contributed by atoms with E-state index in [4.69, 9.17) is 4.52 Å². The van der Waals surface area contributed by atoms with Crippen molar-refractivity contribution in [1.82, 2.24) is 10.1 Å². The molecule has 6 nitrogen and oxygen atoms in total. The Bertz CT molecular complexity index is 715. The lowest BCUT2D eigenvalue weighted by atomic mass is 9.73. The molecule has 1 fully saturated rings. The molecular weight excluding hydrogens is 296 g/mol. The van der Waals surface area contributed by atoms with Crippen LogP contribution in [0, 0.1) is 6.92 Å². The third-order valence-corrected chi connectivity index (χ3v) is 4.48. The van der Waals surface area contributed by atoms with Crippen molar-refractivity contribution in [3.63, 3.8) is 0 Å². The third kappa shape index (κ3) is 2.72. The highest BCUT2D eigenvalue weighted by Gasteiger charge is 2.44. The fourth-order valence-electron chi connectivity index (χ4n) is 3.09. The fraction of sp³-hybridized carbons (Fsp3) is 0.353. The molecule has 0 radical (unpaired) electrons. The molecule has 0 unspecified atom stereocenters. The Kier molecular flexibility index (Phi) is 3.90. The largest absolute Gasteiger partial charge is 0.481 e. The number of likely N-dealkylation sites (tertiary alicyclic amines) is 1. The number of nitrogens with zero attached hydrogens (tertiary/aromatic N) is 2. The summed E-state index contributed by atoms with van der Waals surface area (Å²) >= 11 is 0. The molecule has 3 rings (SSSR count). The van der Waals surface area contributed by atoms with Crippen molar-refractivity contribution >= 4 is 11.9 Å². The van der Waals surface area contributed by atoms with E-state index in [1.807, 2.05) is 30.3 Å². The van der Waals surface area contributed by atoms with Gasteiger partial charge >= 0.3 is 5.97 Å². The Balaban J connectivity index is 1.78. The second kappa shape index (κ2) is 5.87. The van der Waals surface area contributed by atoms with Crippen molar-refractivity contribution < 1.29 is 19.2 Å². The number of amides is 1. The van der Waals surface area contributed by atoms with Crippen molar-refractivity contribution in [2.75, 3.05) is 13.1 Å². The zero-order valence-corrected chi connectivity index (χ0v) is 12.9. The zero-order chi connectivity index (χ0) is 16.4. The van der Waals surface area contributed by atoms with Gasteiger partial charge in [-0.15, -0.1) is 0 Å². The molecular formula is C17H18N2O4. The summed E-state index contributed by atoms with van der Waals surface area (Å²) in [6.45, 7) is 2.50. The minimum Gasteiger partial charge on any atom is -0.481 e. The molecule has 1 aromatic heterocycles. The molecule has 1 saturated heterocycles. The number of carboxylic acids is 1. The molecule has 0 aliphatic carbocycles. The number of benzene rings is 1. The molecule has 0 spiro atoms. The average Bonchev–Trinajstić information content (AvgIpc) is 3.01. The monoisotopic (exact) mass is 314 g/mol.